The number of aromatic nitrogens is 1. The van der Waals surface area contributed by atoms with Crippen molar-refractivity contribution < 1.29 is 9.47 Å². The van der Waals surface area contributed by atoms with Crippen molar-refractivity contribution in [2.45, 2.75) is 19.8 Å². The first-order valence-electron chi connectivity index (χ1n) is 6.59. The summed E-state index contributed by atoms with van der Waals surface area (Å²) >= 11 is 0. The van der Waals surface area contributed by atoms with Gasteiger partial charge in [-0.2, -0.15) is 0 Å². The lowest BCUT2D eigenvalue weighted by Gasteiger charge is -2.08. The third kappa shape index (κ3) is 2.68. The molecule has 1 aromatic heterocycles. The van der Waals surface area contributed by atoms with E-state index >= 15 is 0 Å². The lowest BCUT2D eigenvalue weighted by molar-refractivity contribution is 0.356. The lowest BCUT2D eigenvalue weighted by Crippen LogP contribution is -2.08. The summed E-state index contributed by atoms with van der Waals surface area (Å²) < 4.78 is 10.7. The molecule has 0 aliphatic carbocycles. The molecule has 0 saturated carbocycles. The van der Waals surface area contributed by atoms with Gasteiger partial charge in [0, 0.05) is 22.7 Å². The largest absolute Gasteiger partial charge is 0.493 e. The number of hydrogen-bond acceptors (Lipinski definition) is 3. The number of aromatic amines is 1. The standard InChI is InChI=1S/C15H22N2O2/c1-10-11(6-5-7-16-2)12-8-14(18-3)15(19-4)9-13(12)17-10/h8-9,16-17H,5-7H2,1-4H3. The van der Waals surface area contributed by atoms with Crippen molar-refractivity contribution in [3.63, 3.8) is 0 Å². The average molecular weight is 262 g/mol. The van der Waals surface area contributed by atoms with E-state index in [-0.39, 0.29) is 0 Å². The van der Waals surface area contributed by atoms with Crippen molar-refractivity contribution in [1.29, 1.82) is 0 Å². The molecule has 4 heteroatoms. The van der Waals surface area contributed by atoms with Crippen molar-refractivity contribution >= 4 is 10.9 Å². The molecule has 0 unspecified atom stereocenters. The Bertz CT molecular complexity index is 561. The van der Waals surface area contributed by atoms with Crippen molar-refractivity contribution in [3.05, 3.63) is 23.4 Å². The Morgan fingerprint density at radius 3 is 2.47 bits per heavy atom. The van der Waals surface area contributed by atoms with Gasteiger partial charge in [-0.25, -0.2) is 0 Å². The van der Waals surface area contributed by atoms with Gasteiger partial charge in [-0.05, 0) is 45.0 Å². The molecule has 0 bridgehead atoms. The van der Waals surface area contributed by atoms with Crippen molar-refractivity contribution in [2.75, 3.05) is 27.8 Å². The molecule has 1 aromatic carbocycles. The van der Waals surface area contributed by atoms with E-state index in [1.807, 2.05) is 13.1 Å². The number of fused-ring (bicyclic) bond motifs is 1. The molecule has 2 aromatic rings. The van der Waals surface area contributed by atoms with Crippen LogP contribution in [0.15, 0.2) is 12.1 Å². The second kappa shape index (κ2) is 5.97. The Hall–Kier alpha value is -1.68. The first-order valence-corrected chi connectivity index (χ1v) is 6.59. The number of H-pyrrole nitrogens is 1. The van der Waals surface area contributed by atoms with Crippen LogP contribution in [0.1, 0.15) is 17.7 Å². The first-order chi connectivity index (χ1) is 9.21. The SMILES string of the molecule is CNCCCc1c(C)[nH]c2cc(OC)c(OC)cc12. The van der Waals surface area contributed by atoms with Crippen LogP contribution in [0.25, 0.3) is 10.9 Å². The molecule has 0 radical (unpaired) electrons. The van der Waals surface area contributed by atoms with E-state index in [1.54, 1.807) is 14.2 Å². The van der Waals surface area contributed by atoms with E-state index in [1.165, 1.54) is 16.6 Å². The van der Waals surface area contributed by atoms with Gasteiger partial charge < -0.3 is 19.8 Å². The van der Waals surface area contributed by atoms with Crippen LogP contribution in [-0.4, -0.2) is 32.8 Å². The Balaban J connectivity index is 2.43. The molecule has 1 heterocycles. The average Bonchev–Trinajstić information content (AvgIpc) is 2.73. The van der Waals surface area contributed by atoms with Gasteiger partial charge in [-0.15, -0.1) is 0 Å². The lowest BCUT2D eigenvalue weighted by atomic mass is 10.1. The summed E-state index contributed by atoms with van der Waals surface area (Å²) in [7, 11) is 5.31. The van der Waals surface area contributed by atoms with Crippen LogP contribution in [-0.2, 0) is 6.42 Å². The van der Waals surface area contributed by atoms with Gasteiger partial charge in [0.2, 0.25) is 0 Å². The minimum Gasteiger partial charge on any atom is -0.493 e. The van der Waals surface area contributed by atoms with Gasteiger partial charge >= 0.3 is 0 Å². The van der Waals surface area contributed by atoms with Gasteiger partial charge in [0.05, 0.1) is 14.2 Å². The zero-order valence-corrected chi connectivity index (χ0v) is 12.1. The monoisotopic (exact) mass is 262 g/mol. The molecule has 0 fully saturated rings. The van der Waals surface area contributed by atoms with Crippen LogP contribution in [0.4, 0.5) is 0 Å². The fourth-order valence-electron chi connectivity index (χ4n) is 2.48. The Morgan fingerprint density at radius 2 is 1.84 bits per heavy atom. The van der Waals surface area contributed by atoms with Gasteiger partial charge in [0.15, 0.2) is 11.5 Å². The molecule has 2 N–H and O–H groups in total. The van der Waals surface area contributed by atoms with Crippen LogP contribution in [0, 0.1) is 6.92 Å². The van der Waals surface area contributed by atoms with Crippen LogP contribution in [0.5, 0.6) is 11.5 Å². The fraction of sp³-hybridized carbons (Fsp3) is 0.467. The Labute approximate surface area is 114 Å². The second-order valence-electron chi connectivity index (χ2n) is 4.69. The van der Waals surface area contributed by atoms with Crippen molar-refractivity contribution in [2.24, 2.45) is 0 Å². The van der Waals surface area contributed by atoms with Gasteiger partial charge in [-0.3, -0.25) is 0 Å². The molecule has 2 rings (SSSR count). The van der Waals surface area contributed by atoms with Crippen LogP contribution >= 0.6 is 0 Å². The molecule has 4 nitrogen and oxygen atoms in total. The van der Waals surface area contributed by atoms with Crippen molar-refractivity contribution in [1.82, 2.24) is 10.3 Å². The molecule has 19 heavy (non-hydrogen) atoms. The van der Waals surface area contributed by atoms with E-state index in [0.717, 1.165) is 36.4 Å². The minimum absolute atomic E-state index is 0.762. The maximum atomic E-state index is 5.38. The third-order valence-corrected chi connectivity index (χ3v) is 3.48. The van der Waals surface area contributed by atoms with Gasteiger partial charge in [-0.1, -0.05) is 0 Å². The summed E-state index contributed by atoms with van der Waals surface area (Å²) in [5.41, 5.74) is 3.70. The van der Waals surface area contributed by atoms with E-state index in [4.69, 9.17) is 9.47 Å². The quantitative estimate of drug-likeness (QED) is 0.787. The number of aryl methyl sites for hydroxylation is 2. The second-order valence-corrected chi connectivity index (χ2v) is 4.69. The topological polar surface area (TPSA) is 46.3 Å². The summed E-state index contributed by atoms with van der Waals surface area (Å²) in [5.74, 6) is 1.54. The molecule has 0 amide bonds. The molecule has 0 atom stereocenters. The van der Waals surface area contributed by atoms with E-state index in [9.17, 15) is 0 Å². The fourth-order valence-corrected chi connectivity index (χ4v) is 2.48. The Kier molecular flexibility index (Phi) is 4.32. The minimum atomic E-state index is 0.762. The van der Waals surface area contributed by atoms with Gasteiger partial charge in [0.1, 0.15) is 0 Å². The van der Waals surface area contributed by atoms with Crippen LogP contribution in [0.3, 0.4) is 0 Å². The molecular weight excluding hydrogens is 240 g/mol. The normalized spacial score (nSPS) is 10.9. The van der Waals surface area contributed by atoms with E-state index in [2.05, 4.69) is 23.3 Å². The smallest absolute Gasteiger partial charge is 0.162 e. The highest BCUT2D eigenvalue weighted by molar-refractivity contribution is 5.88. The number of benzene rings is 1. The molecule has 0 saturated heterocycles. The zero-order valence-electron chi connectivity index (χ0n) is 12.1. The maximum absolute atomic E-state index is 5.38. The molecular formula is C15H22N2O2. The number of methoxy groups -OCH3 is 2. The van der Waals surface area contributed by atoms with Crippen LogP contribution in [0.2, 0.25) is 0 Å². The molecule has 0 aliphatic rings. The Morgan fingerprint density at radius 1 is 1.16 bits per heavy atom. The number of ether oxygens (including phenoxy) is 2. The summed E-state index contributed by atoms with van der Waals surface area (Å²) in [4.78, 5) is 3.42. The maximum Gasteiger partial charge on any atom is 0.162 e. The van der Waals surface area contributed by atoms with E-state index in [0.29, 0.717) is 0 Å². The summed E-state index contributed by atoms with van der Waals surface area (Å²) in [6.07, 6.45) is 2.18. The summed E-state index contributed by atoms with van der Waals surface area (Å²) in [6.45, 7) is 3.15. The number of nitrogens with one attached hydrogen (secondary N) is 2. The molecule has 0 spiro atoms. The first kappa shape index (κ1) is 13.7. The van der Waals surface area contributed by atoms with Crippen molar-refractivity contribution in [3.8, 4) is 11.5 Å². The highest BCUT2D eigenvalue weighted by atomic mass is 16.5. The molecule has 104 valence electrons. The summed E-state index contributed by atoms with van der Waals surface area (Å²) in [5, 5.41) is 4.41. The summed E-state index contributed by atoms with van der Waals surface area (Å²) in [6, 6.07) is 4.06. The van der Waals surface area contributed by atoms with Gasteiger partial charge in [0.25, 0.3) is 0 Å². The van der Waals surface area contributed by atoms with Crippen LogP contribution < -0.4 is 14.8 Å². The zero-order chi connectivity index (χ0) is 13.8. The number of rotatable bonds is 6. The predicted molar refractivity (Wildman–Crippen MR) is 78.4 cm³/mol. The van der Waals surface area contributed by atoms with E-state index < -0.39 is 0 Å². The number of hydrogen-bond donors (Lipinski definition) is 2. The highest BCUT2D eigenvalue weighted by Crippen LogP contribution is 2.34. The predicted octanol–water partition coefficient (Wildman–Crippen LogP) is 2.65. The highest BCUT2D eigenvalue weighted by Gasteiger charge is 2.12. The third-order valence-electron chi connectivity index (χ3n) is 3.48. The molecule has 0 aliphatic heterocycles.